The van der Waals surface area contributed by atoms with Crippen LogP contribution in [0.25, 0.3) is 10.2 Å². The molecule has 4 aromatic rings. The van der Waals surface area contributed by atoms with Gasteiger partial charge in [-0.25, -0.2) is 9.67 Å². The Hall–Kier alpha value is -1.87. The zero-order valence-electron chi connectivity index (χ0n) is 16.3. The third kappa shape index (κ3) is 3.82. The van der Waals surface area contributed by atoms with Crippen molar-refractivity contribution in [3.63, 3.8) is 0 Å². The SMILES string of the molecule is Cn1c(Cc2cccs2)nn(CN2CCCCC2c2nc3ccccc3s2)c1=S. The highest BCUT2D eigenvalue weighted by molar-refractivity contribution is 7.71. The molecule has 5 rings (SSSR count). The lowest BCUT2D eigenvalue weighted by molar-refractivity contribution is 0.103. The highest BCUT2D eigenvalue weighted by Crippen LogP contribution is 2.35. The standard InChI is InChI=1S/C21H23N5S3/c1-24-19(13-15-7-6-12-28-15)23-26(21(24)27)14-25-11-5-4-9-17(25)20-22-16-8-2-3-10-18(16)29-20/h2-3,6-8,10,12,17H,4-5,9,11,13-14H2,1H3. The lowest BCUT2D eigenvalue weighted by atomic mass is 10.0. The average molecular weight is 442 g/mol. The molecule has 1 saturated heterocycles. The maximum absolute atomic E-state index is 5.71. The van der Waals surface area contributed by atoms with E-state index in [0.717, 1.165) is 42.2 Å². The predicted molar refractivity (Wildman–Crippen MR) is 122 cm³/mol. The fraction of sp³-hybridized carbons (Fsp3) is 0.381. The smallest absolute Gasteiger partial charge is 0.198 e. The minimum atomic E-state index is 0.339. The van der Waals surface area contributed by atoms with Gasteiger partial charge in [-0.1, -0.05) is 24.6 Å². The van der Waals surface area contributed by atoms with Gasteiger partial charge in [0.05, 0.1) is 22.9 Å². The molecule has 0 N–H and O–H groups in total. The van der Waals surface area contributed by atoms with Crippen molar-refractivity contribution in [1.29, 1.82) is 0 Å². The number of nitrogens with zero attached hydrogens (tertiary/aromatic N) is 5. The summed E-state index contributed by atoms with van der Waals surface area (Å²) in [7, 11) is 2.02. The molecule has 4 heterocycles. The van der Waals surface area contributed by atoms with Crippen molar-refractivity contribution in [2.75, 3.05) is 6.54 Å². The Labute approximate surface area is 183 Å². The Kier molecular flexibility index (Phi) is 5.34. The Morgan fingerprint density at radius 1 is 1.17 bits per heavy atom. The molecule has 150 valence electrons. The number of para-hydroxylation sites is 1. The molecule has 3 aromatic heterocycles. The number of piperidine rings is 1. The second-order valence-corrected chi connectivity index (χ2v) is 9.96. The van der Waals surface area contributed by atoms with Crippen LogP contribution in [0.1, 0.15) is 41.0 Å². The zero-order valence-corrected chi connectivity index (χ0v) is 18.8. The molecule has 1 unspecified atom stereocenters. The van der Waals surface area contributed by atoms with Crippen LogP contribution in [0.2, 0.25) is 0 Å². The first-order chi connectivity index (χ1) is 14.2. The second-order valence-electron chi connectivity index (χ2n) is 7.50. The molecule has 0 saturated carbocycles. The third-order valence-electron chi connectivity index (χ3n) is 5.57. The van der Waals surface area contributed by atoms with E-state index in [-0.39, 0.29) is 0 Å². The summed E-state index contributed by atoms with van der Waals surface area (Å²) in [6.45, 7) is 1.77. The Balaban J connectivity index is 1.41. The first-order valence-corrected chi connectivity index (χ1v) is 12.0. The van der Waals surface area contributed by atoms with Gasteiger partial charge in [-0.05, 0) is 48.6 Å². The number of hydrogen-bond donors (Lipinski definition) is 0. The van der Waals surface area contributed by atoms with Crippen LogP contribution in [0.15, 0.2) is 41.8 Å². The van der Waals surface area contributed by atoms with Gasteiger partial charge in [0.25, 0.3) is 0 Å². The number of thiophene rings is 1. The molecular weight excluding hydrogens is 418 g/mol. The van der Waals surface area contributed by atoms with Gasteiger partial charge in [0.1, 0.15) is 10.8 Å². The Bertz CT molecular complexity index is 1140. The molecule has 5 nitrogen and oxygen atoms in total. The summed E-state index contributed by atoms with van der Waals surface area (Å²) in [4.78, 5) is 8.75. The maximum atomic E-state index is 5.71. The van der Waals surface area contributed by atoms with Crippen molar-refractivity contribution < 1.29 is 0 Å². The average Bonchev–Trinajstić information content (AvgIpc) is 3.46. The van der Waals surface area contributed by atoms with Crippen molar-refractivity contribution in [1.82, 2.24) is 24.2 Å². The number of thiazole rings is 1. The maximum Gasteiger partial charge on any atom is 0.198 e. The highest BCUT2D eigenvalue weighted by atomic mass is 32.1. The van der Waals surface area contributed by atoms with Gasteiger partial charge in [0.2, 0.25) is 0 Å². The number of aromatic nitrogens is 4. The van der Waals surface area contributed by atoms with Crippen molar-refractivity contribution >= 4 is 45.1 Å². The monoisotopic (exact) mass is 441 g/mol. The van der Waals surface area contributed by atoms with Crippen molar-refractivity contribution in [3.05, 3.63) is 62.3 Å². The van der Waals surface area contributed by atoms with Gasteiger partial charge >= 0.3 is 0 Å². The molecule has 1 atom stereocenters. The van der Waals surface area contributed by atoms with E-state index in [4.69, 9.17) is 22.3 Å². The Morgan fingerprint density at radius 2 is 2.07 bits per heavy atom. The molecule has 1 aliphatic rings. The van der Waals surface area contributed by atoms with Gasteiger partial charge in [-0.3, -0.25) is 4.90 Å². The molecule has 1 aliphatic heterocycles. The first-order valence-electron chi connectivity index (χ1n) is 9.93. The van der Waals surface area contributed by atoms with Crippen LogP contribution in [0.5, 0.6) is 0 Å². The van der Waals surface area contributed by atoms with Gasteiger partial charge in [0, 0.05) is 24.9 Å². The van der Waals surface area contributed by atoms with Gasteiger partial charge in [-0.2, -0.15) is 5.10 Å². The quantitative estimate of drug-likeness (QED) is 0.389. The van der Waals surface area contributed by atoms with Gasteiger partial charge in [-0.15, -0.1) is 22.7 Å². The number of likely N-dealkylation sites (tertiary alicyclic amines) is 1. The summed E-state index contributed by atoms with van der Waals surface area (Å²) in [5, 5.41) is 8.20. The Morgan fingerprint density at radius 3 is 2.90 bits per heavy atom. The van der Waals surface area contributed by atoms with E-state index >= 15 is 0 Å². The van der Waals surface area contributed by atoms with Crippen LogP contribution >= 0.6 is 34.9 Å². The summed E-state index contributed by atoms with van der Waals surface area (Å²) >= 11 is 9.30. The minimum Gasteiger partial charge on any atom is -0.307 e. The van der Waals surface area contributed by atoms with Crippen LogP contribution in [0.3, 0.4) is 0 Å². The van der Waals surface area contributed by atoms with Gasteiger partial charge in [0.15, 0.2) is 4.77 Å². The lowest BCUT2D eigenvalue weighted by Gasteiger charge is -2.34. The van der Waals surface area contributed by atoms with E-state index in [0.29, 0.717) is 6.04 Å². The second kappa shape index (κ2) is 8.10. The summed E-state index contributed by atoms with van der Waals surface area (Å²) in [6, 6.07) is 13.0. The van der Waals surface area contributed by atoms with E-state index in [9.17, 15) is 0 Å². The first kappa shape index (κ1) is 19.1. The van der Waals surface area contributed by atoms with E-state index in [2.05, 4.69) is 46.7 Å². The van der Waals surface area contributed by atoms with Crippen LogP contribution in [-0.4, -0.2) is 30.8 Å². The van der Waals surface area contributed by atoms with Crippen LogP contribution in [0.4, 0.5) is 0 Å². The summed E-state index contributed by atoms with van der Waals surface area (Å²) < 4.78 is 6.08. The minimum absolute atomic E-state index is 0.339. The molecule has 0 aliphatic carbocycles. The molecule has 8 heteroatoms. The number of rotatable bonds is 5. The number of benzene rings is 1. The number of fused-ring (bicyclic) bond motifs is 1. The number of hydrogen-bond acceptors (Lipinski definition) is 6. The molecule has 0 spiro atoms. The summed E-state index contributed by atoms with van der Waals surface area (Å²) in [5.74, 6) is 1.02. The molecule has 0 amide bonds. The van der Waals surface area contributed by atoms with E-state index in [1.165, 1.54) is 27.4 Å². The highest BCUT2D eigenvalue weighted by Gasteiger charge is 2.27. The predicted octanol–water partition coefficient (Wildman–Crippen LogP) is 5.40. The van der Waals surface area contributed by atoms with Crippen molar-refractivity contribution in [2.24, 2.45) is 7.05 Å². The fourth-order valence-electron chi connectivity index (χ4n) is 3.99. The van der Waals surface area contributed by atoms with Crippen LogP contribution < -0.4 is 0 Å². The molecule has 0 radical (unpaired) electrons. The van der Waals surface area contributed by atoms with E-state index in [1.807, 2.05) is 27.6 Å². The van der Waals surface area contributed by atoms with Crippen molar-refractivity contribution in [3.8, 4) is 0 Å². The van der Waals surface area contributed by atoms with Gasteiger partial charge < -0.3 is 4.57 Å². The largest absolute Gasteiger partial charge is 0.307 e. The zero-order chi connectivity index (χ0) is 19.8. The molecule has 29 heavy (non-hydrogen) atoms. The van der Waals surface area contributed by atoms with E-state index in [1.54, 1.807) is 11.3 Å². The molecule has 1 fully saturated rings. The summed E-state index contributed by atoms with van der Waals surface area (Å²) in [5.41, 5.74) is 1.10. The fourth-order valence-corrected chi connectivity index (χ4v) is 6.03. The lowest BCUT2D eigenvalue weighted by Crippen LogP contribution is -2.35. The topological polar surface area (TPSA) is 38.9 Å². The normalized spacial score (nSPS) is 17.9. The molecule has 0 bridgehead atoms. The van der Waals surface area contributed by atoms with Crippen LogP contribution in [-0.2, 0) is 20.1 Å². The van der Waals surface area contributed by atoms with Crippen LogP contribution in [0, 0.1) is 4.77 Å². The third-order valence-corrected chi connectivity index (χ3v) is 8.07. The molecule has 1 aromatic carbocycles. The van der Waals surface area contributed by atoms with E-state index < -0.39 is 0 Å². The molecular formula is C21H23N5S3. The van der Waals surface area contributed by atoms with Crippen molar-refractivity contribution in [2.45, 2.75) is 38.4 Å². The summed E-state index contributed by atoms with van der Waals surface area (Å²) in [6.07, 6.45) is 4.42.